The van der Waals surface area contributed by atoms with E-state index in [0.717, 1.165) is 4.57 Å². The number of ether oxygens (including phenoxy) is 3. The minimum absolute atomic E-state index is 0.0319. The summed E-state index contributed by atoms with van der Waals surface area (Å²) >= 11 is 0. The number of hydrogen-bond donors (Lipinski definition) is 3. The summed E-state index contributed by atoms with van der Waals surface area (Å²) in [6.07, 6.45) is -5.30. The molecule has 12 nitrogen and oxygen atoms in total. The quantitative estimate of drug-likeness (QED) is 0.144. The van der Waals surface area contributed by atoms with Gasteiger partial charge in [-0.15, -0.1) is 0 Å². The van der Waals surface area contributed by atoms with Crippen LogP contribution >= 0.6 is 0 Å². The van der Waals surface area contributed by atoms with Crippen LogP contribution in [0.2, 0.25) is 0 Å². The van der Waals surface area contributed by atoms with Crippen molar-refractivity contribution in [3.05, 3.63) is 59.9 Å². The number of anilines is 2. The lowest BCUT2D eigenvalue weighted by Gasteiger charge is -2.31. The topological polar surface area (TPSA) is 154 Å². The van der Waals surface area contributed by atoms with E-state index in [1.54, 1.807) is 23.1 Å². The molecule has 264 valence electrons. The molecule has 4 rings (SSSR count). The zero-order valence-electron chi connectivity index (χ0n) is 26.8. The number of aromatic nitrogens is 1. The lowest BCUT2D eigenvalue weighted by atomic mass is 10.1. The third kappa shape index (κ3) is 10.3. The smallest absolute Gasteiger partial charge is 0.406 e. The Morgan fingerprint density at radius 2 is 1.88 bits per heavy atom. The summed E-state index contributed by atoms with van der Waals surface area (Å²) < 4.78 is 96.1. The van der Waals surface area contributed by atoms with Crippen molar-refractivity contribution >= 4 is 44.2 Å². The van der Waals surface area contributed by atoms with Gasteiger partial charge in [0.1, 0.15) is 25.0 Å². The molecule has 2 heterocycles. The van der Waals surface area contributed by atoms with E-state index in [9.17, 15) is 31.2 Å². The molecule has 0 amide bonds. The number of rotatable bonds is 12. The van der Waals surface area contributed by atoms with Crippen LogP contribution in [0, 0.1) is 11.8 Å². The number of nitrogens with two attached hydrogens (primary N) is 1. The summed E-state index contributed by atoms with van der Waals surface area (Å²) in [6.45, 7) is 1.18. The molecule has 3 aromatic rings. The van der Waals surface area contributed by atoms with E-state index < -0.39 is 47.0 Å². The maximum Gasteiger partial charge on any atom is 0.406 e. The Morgan fingerprint density at radius 1 is 1.12 bits per heavy atom. The average molecular weight is 710 g/mol. The van der Waals surface area contributed by atoms with E-state index in [1.165, 1.54) is 51.3 Å². The number of benzene rings is 2. The van der Waals surface area contributed by atoms with Crippen LogP contribution in [0.3, 0.4) is 0 Å². The van der Waals surface area contributed by atoms with Crippen LogP contribution in [0.5, 0.6) is 5.75 Å². The van der Waals surface area contributed by atoms with Gasteiger partial charge in [-0.25, -0.2) is 17.9 Å². The van der Waals surface area contributed by atoms with Gasteiger partial charge < -0.3 is 29.4 Å². The Morgan fingerprint density at radius 3 is 2.51 bits per heavy atom. The Hall–Kier alpha value is -4.79. The molecule has 0 saturated carbocycles. The van der Waals surface area contributed by atoms with Crippen LogP contribution in [0.4, 0.5) is 28.9 Å². The molecule has 0 bridgehead atoms. The van der Waals surface area contributed by atoms with Crippen LogP contribution in [-0.2, 0) is 35.6 Å². The van der Waals surface area contributed by atoms with Gasteiger partial charge in [0.15, 0.2) is 6.17 Å². The first-order valence-corrected chi connectivity index (χ1v) is 16.4. The highest BCUT2D eigenvalue weighted by Crippen LogP contribution is 2.32. The number of carbonyl (C=O) groups is 2. The number of hydrogen-bond acceptors (Lipinski definition) is 10. The highest BCUT2D eigenvalue weighted by molar-refractivity contribution is 7.89. The van der Waals surface area contributed by atoms with E-state index in [4.69, 9.17) is 19.3 Å². The number of carbonyl (C=O) groups excluding carboxylic acids is 2. The fourth-order valence-electron chi connectivity index (χ4n) is 5.16. The highest BCUT2D eigenvalue weighted by Gasteiger charge is 2.31. The van der Waals surface area contributed by atoms with Gasteiger partial charge in [0, 0.05) is 56.3 Å². The summed E-state index contributed by atoms with van der Waals surface area (Å²) in [4.78, 5) is 24.2. The van der Waals surface area contributed by atoms with Crippen molar-refractivity contribution in [3.8, 4) is 17.6 Å². The molecule has 0 unspecified atom stereocenters. The number of esters is 2. The van der Waals surface area contributed by atoms with Crippen molar-refractivity contribution in [2.24, 2.45) is 5.14 Å². The second-order valence-corrected chi connectivity index (χ2v) is 12.6. The monoisotopic (exact) mass is 709 g/mol. The molecule has 4 N–H and O–H groups in total. The molecule has 1 aliphatic rings. The SMILES string of the molecule is COc1cc(S(N)(=O)=O)ccc1NCC#Cc1cc2c(NC3=CCN(C[C@H](COC(C)=O)OC(C)=O)C[C@@H]3F)cccc2n1CC(F)(F)F. The van der Waals surface area contributed by atoms with E-state index in [-0.39, 0.29) is 60.3 Å². The third-order valence-corrected chi connectivity index (χ3v) is 8.15. The van der Waals surface area contributed by atoms with Gasteiger partial charge in [-0.1, -0.05) is 12.0 Å². The first kappa shape index (κ1) is 37.0. The predicted octanol–water partition coefficient (Wildman–Crippen LogP) is 3.77. The molecular weight excluding hydrogens is 674 g/mol. The van der Waals surface area contributed by atoms with E-state index in [2.05, 4.69) is 22.5 Å². The van der Waals surface area contributed by atoms with Crippen LogP contribution in [0.1, 0.15) is 19.5 Å². The molecule has 0 fully saturated rings. The maximum absolute atomic E-state index is 15.4. The number of primary sulfonamides is 1. The molecular formula is C32H35F4N5O7S. The molecule has 1 aliphatic heterocycles. The van der Waals surface area contributed by atoms with Gasteiger partial charge in [-0.05, 0) is 42.3 Å². The zero-order valence-corrected chi connectivity index (χ0v) is 27.6. The zero-order chi connectivity index (χ0) is 35.9. The number of alkyl halides is 4. The van der Waals surface area contributed by atoms with Gasteiger partial charge >= 0.3 is 18.1 Å². The summed E-state index contributed by atoms with van der Waals surface area (Å²) in [5.41, 5.74) is 1.25. The molecule has 0 saturated heterocycles. The molecule has 2 aromatic carbocycles. The van der Waals surface area contributed by atoms with Crippen molar-refractivity contribution in [2.75, 3.05) is 50.5 Å². The normalized spacial score (nSPS) is 15.8. The summed E-state index contributed by atoms with van der Waals surface area (Å²) in [7, 11) is -2.63. The van der Waals surface area contributed by atoms with Gasteiger partial charge in [0.05, 0.1) is 35.4 Å². The summed E-state index contributed by atoms with van der Waals surface area (Å²) in [5.74, 6) is 4.60. The van der Waals surface area contributed by atoms with E-state index in [0.29, 0.717) is 16.8 Å². The van der Waals surface area contributed by atoms with Crippen LogP contribution in [0.15, 0.2) is 59.1 Å². The Balaban J connectivity index is 1.54. The molecule has 0 radical (unpaired) electrons. The largest absolute Gasteiger partial charge is 0.495 e. The number of sulfonamides is 1. The number of halogens is 4. The lowest BCUT2D eigenvalue weighted by molar-refractivity contribution is -0.157. The van der Waals surface area contributed by atoms with Gasteiger partial charge in [0.2, 0.25) is 10.0 Å². The Bertz CT molecular complexity index is 1900. The summed E-state index contributed by atoms with van der Waals surface area (Å²) in [5, 5.41) is 11.5. The number of fused-ring (bicyclic) bond motifs is 1. The van der Waals surface area contributed by atoms with Crippen molar-refractivity contribution < 1.29 is 49.8 Å². The van der Waals surface area contributed by atoms with Gasteiger partial charge in [0.25, 0.3) is 0 Å². The predicted molar refractivity (Wildman–Crippen MR) is 173 cm³/mol. The van der Waals surface area contributed by atoms with E-state index >= 15 is 4.39 Å². The second kappa shape index (κ2) is 15.6. The van der Waals surface area contributed by atoms with Crippen LogP contribution < -0.4 is 20.5 Å². The minimum atomic E-state index is -4.57. The number of nitrogens with one attached hydrogen (secondary N) is 2. The number of methoxy groups -OCH3 is 1. The van der Waals surface area contributed by atoms with Crippen molar-refractivity contribution in [1.82, 2.24) is 9.47 Å². The molecule has 0 spiro atoms. The van der Waals surface area contributed by atoms with Crippen LogP contribution in [-0.4, -0.2) is 88.2 Å². The van der Waals surface area contributed by atoms with Gasteiger partial charge in [-0.3, -0.25) is 14.5 Å². The molecule has 49 heavy (non-hydrogen) atoms. The fraction of sp³-hybridized carbons (Fsp3) is 0.375. The van der Waals surface area contributed by atoms with Crippen molar-refractivity contribution in [2.45, 2.75) is 43.7 Å². The van der Waals surface area contributed by atoms with Crippen molar-refractivity contribution in [3.63, 3.8) is 0 Å². The molecule has 0 aliphatic carbocycles. The third-order valence-electron chi connectivity index (χ3n) is 7.24. The minimum Gasteiger partial charge on any atom is -0.495 e. The van der Waals surface area contributed by atoms with E-state index in [1.807, 2.05) is 0 Å². The average Bonchev–Trinajstić information content (AvgIpc) is 3.35. The van der Waals surface area contributed by atoms with Gasteiger partial charge in [-0.2, -0.15) is 13.2 Å². The standard InChI is InChI=1S/C32H35F4N5O7S/c1-20(42)47-18-23(48-21(2)43)16-40-13-11-28(26(33)17-40)39-27-7-4-8-30-25(27)14-22(41(30)19-32(34,35)36)6-5-12-38-29-10-9-24(49(37,44)45)15-31(29)46-3/h4,7-11,14-15,23,26,38-39H,12-13,16-19H2,1-3H3,(H2,37,44,45)/t23-,26+/m1/s1. The first-order valence-electron chi connectivity index (χ1n) is 14.8. The summed E-state index contributed by atoms with van der Waals surface area (Å²) in [6, 6.07) is 10.1. The van der Waals surface area contributed by atoms with Crippen LogP contribution in [0.25, 0.3) is 10.9 Å². The Kier molecular flexibility index (Phi) is 11.8. The number of nitrogens with zero attached hydrogens (tertiary/aromatic N) is 2. The fourth-order valence-corrected chi connectivity index (χ4v) is 5.69. The highest BCUT2D eigenvalue weighted by atomic mass is 32.2. The maximum atomic E-state index is 15.4. The molecule has 2 atom stereocenters. The van der Waals surface area contributed by atoms with Crippen molar-refractivity contribution in [1.29, 1.82) is 0 Å². The molecule has 17 heteroatoms. The first-order chi connectivity index (χ1) is 23.0. The Labute approximate surface area is 280 Å². The second-order valence-electron chi connectivity index (χ2n) is 11.0. The lowest BCUT2D eigenvalue weighted by Crippen LogP contribution is -2.44. The molecule has 1 aromatic heterocycles.